The zero-order valence-electron chi connectivity index (χ0n) is 26.2. The van der Waals surface area contributed by atoms with Crippen LogP contribution in [-0.2, 0) is 9.47 Å². The summed E-state index contributed by atoms with van der Waals surface area (Å²) in [4.78, 5) is 31.0. The van der Waals surface area contributed by atoms with Gasteiger partial charge in [0.2, 0.25) is 0 Å². The first kappa shape index (κ1) is 38.9. The van der Waals surface area contributed by atoms with E-state index in [9.17, 15) is 22.8 Å². The molecule has 1 aromatic heterocycles. The van der Waals surface area contributed by atoms with Gasteiger partial charge in [-0.05, 0) is 49.5 Å². The number of benzene rings is 3. The normalized spacial score (nSPS) is 10.8. The highest BCUT2D eigenvalue weighted by atomic mass is 35.5. The number of aldehydes is 1. The molecule has 0 unspecified atom stereocenters. The first-order valence-electron chi connectivity index (χ1n) is 14.7. The number of nitrogens with zero attached hydrogens (tertiary/aromatic N) is 2. The van der Waals surface area contributed by atoms with Crippen LogP contribution in [0.4, 0.5) is 24.7 Å². The van der Waals surface area contributed by atoms with Crippen LogP contribution in [0.5, 0.6) is 5.75 Å². The number of aromatic nitrogens is 2. The number of amides is 1. The van der Waals surface area contributed by atoms with E-state index >= 15 is 0 Å². The Balaban J connectivity index is 0.000000268. The Bertz CT molecular complexity index is 1640. The summed E-state index contributed by atoms with van der Waals surface area (Å²) < 4.78 is 50.9. The van der Waals surface area contributed by atoms with Gasteiger partial charge in [-0.1, -0.05) is 35.9 Å². The molecule has 0 aliphatic heterocycles. The predicted octanol–water partition coefficient (Wildman–Crippen LogP) is 3.60. The van der Waals surface area contributed by atoms with Gasteiger partial charge in [0.05, 0.1) is 32.1 Å². The summed E-state index contributed by atoms with van der Waals surface area (Å²) in [7, 11) is 0.193. The fraction of sp³-hybridized carbons (Fsp3) is 0.250. The van der Waals surface area contributed by atoms with Crippen molar-refractivity contribution < 1.29 is 47.0 Å². The van der Waals surface area contributed by atoms with Crippen molar-refractivity contribution in [2.45, 2.75) is 6.36 Å². The zero-order valence-corrected chi connectivity index (χ0v) is 27.0. The van der Waals surface area contributed by atoms with Crippen molar-refractivity contribution in [3.8, 4) is 17.0 Å². The lowest BCUT2D eigenvalue weighted by Crippen LogP contribution is -2.32. The molecule has 0 fully saturated rings. The molecule has 1 heterocycles. The predicted molar refractivity (Wildman–Crippen MR) is 178 cm³/mol. The van der Waals surface area contributed by atoms with Gasteiger partial charge < -0.3 is 40.2 Å². The standard InChI is InChI=1S/C18H12F3N3O2.C14H22BClN2O5/c19-18(20,21)26-15-6-4-14(5-7-15)24-17-9-16(22-11-23-17)13-3-1-2-12(8-13)10-25;1-17-4-6-22-8-9-23-7-5-18-14(19)11-2-3-12(15(20)21)13(16)10-11/h1-11H,(H,22,23,24);2-3,10,17,20-21H,4-9H2,1H3,(H,18,19). The van der Waals surface area contributed by atoms with Crippen LogP contribution in [0, 0.1) is 0 Å². The molecule has 0 aliphatic carbocycles. The van der Waals surface area contributed by atoms with E-state index in [0.29, 0.717) is 61.3 Å². The fourth-order valence-corrected chi connectivity index (χ4v) is 4.23. The molecule has 4 aromatic rings. The lowest BCUT2D eigenvalue weighted by atomic mass is 9.80. The molecule has 0 atom stereocenters. The molecule has 4 rings (SSSR count). The molecule has 0 saturated carbocycles. The number of carbonyl (C=O) groups is 2. The lowest BCUT2D eigenvalue weighted by molar-refractivity contribution is -0.274. The first-order valence-corrected chi connectivity index (χ1v) is 15.1. The van der Waals surface area contributed by atoms with Gasteiger partial charge in [-0.2, -0.15) is 0 Å². The molecule has 12 nitrogen and oxygen atoms in total. The van der Waals surface area contributed by atoms with E-state index in [4.69, 9.17) is 31.1 Å². The van der Waals surface area contributed by atoms with Crippen molar-refractivity contribution in [1.82, 2.24) is 20.6 Å². The Morgan fingerprint density at radius 1 is 0.939 bits per heavy atom. The molecule has 49 heavy (non-hydrogen) atoms. The van der Waals surface area contributed by atoms with Gasteiger partial charge >= 0.3 is 13.5 Å². The molecule has 0 radical (unpaired) electrons. The SMILES string of the molecule is CNCCOCCOCCNC(=O)c1ccc(B(O)O)c(Cl)c1.O=Cc1cccc(-c2cc(Nc3ccc(OC(F)(F)F)cc3)ncn2)c1. The number of alkyl halides is 3. The minimum atomic E-state index is -4.73. The molecule has 3 aromatic carbocycles. The summed E-state index contributed by atoms with van der Waals surface area (Å²) in [5.41, 5.74) is 2.90. The number of anilines is 2. The van der Waals surface area contributed by atoms with E-state index < -0.39 is 13.5 Å². The van der Waals surface area contributed by atoms with E-state index in [1.165, 1.54) is 48.8 Å². The van der Waals surface area contributed by atoms with Crippen molar-refractivity contribution >= 4 is 47.9 Å². The fourth-order valence-electron chi connectivity index (χ4n) is 3.96. The van der Waals surface area contributed by atoms with Crippen molar-refractivity contribution in [1.29, 1.82) is 0 Å². The Morgan fingerprint density at radius 3 is 2.29 bits per heavy atom. The minimum Gasteiger partial charge on any atom is -0.423 e. The van der Waals surface area contributed by atoms with Crippen molar-refractivity contribution in [3.05, 3.63) is 95.3 Å². The number of hydrogen-bond acceptors (Lipinski definition) is 11. The van der Waals surface area contributed by atoms with Gasteiger partial charge in [-0.15, -0.1) is 13.2 Å². The molecular formula is C32H34BClF3N5O7. The van der Waals surface area contributed by atoms with Crippen LogP contribution in [0.3, 0.4) is 0 Å². The highest BCUT2D eigenvalue weighted by Gasteiger charge is 2.31. The Morgan fingerprint density at radius 2 is 1.65 bits per heavy atom. The summed E-state index contributed by atoms with van der Waals surface area (Å²) >= 11 is 5.88. The molecule has 0 aliphatic rings. The second-order valence-electron chi connectivity index (χ2n) is 9.92. The lowest BCUT2D eigenvalue weighted by Gasteiger charge is -2.10. The van der Waals surface area contributed by atoms with Crippen LogP contribution in [-0.4, -0.2) is 92.3 Å². The van der Waals surface area contributed by atoms with Crippen molar-refractivity contribution in [2.75, 3.05) is 51.9 Å². The van der Waals surface area contributed by atoms with Crippen LogP contribution < -0.4 is 26.2 Å². The van der Waals surface area contributed by atoms with Gasteiger partial charge in [0.1, 0.15) is 24.2 Å². The number of hydrogen-bond donors (Lipinski definition) is 5. The number of carbonyl (C=O) groups excluding carboxylic acids is 2. The van der Waals surface area contributed by atoms with Crippen LogP contribution in [0.15, 0.2) is 79.1 Å². The zero-order chi connectivity index (χ0) is 35.6. The van der Waals surface area contributed by atoms with E-state index in [1.807, 2.05) is 13.1 Å². The van der Waals surface area contributed by atoms with Gasteiger partial charge in [0.25, 0.3) is 5.91 Å². The average Bonchev–Trinajstić information content (AvgIpc) is 3.08. The maximum atomic E-state index is 12.2. The van der Waals surface area contributed by atoms with Gasteiger partial charge in [-0.3, -0.25) is 9.59 Å². The van der Waals surface area contributed by atoms with E-state index in [0.717, 1.165) is 18.4 Å². The number of rotatable bonds is 16. The summed E-state index contributed by atoms with van der Waals surface area (Å²) in [5.74, 6) is -0.159. The summed E-state index contributed by atoms with van der Waals surface area (Å²) in [6.45, 7) is 3.14. The molecular weight excluding hydrogens is 670 g/mol. The molecule has 0 saturated heterocycles. The smallest absolute Gasteiger partial charge is 0.423 e. The monoisotopic (exact) mass is 703 g/mol. The summed E-state index contributed by atoms with van der Waals surface area (Å²) in [6, 6.07) is 18.2. The van der Waals surface area contributed by atoms with Gasteiger partial charge in [0.15, 0.2) is 0 Å². The Hall–Kier alpha value is -4.58. The van der Waals surface area contributed by atoms with E-state index in [1.54, 1.807) is 24.3 Å². The quantitative estimate of drug-likeness (QED) is 0.0658. The van der Waals surface area contributed by atoms with Gasteiger partial charge in [0, 0.05) is 52.0 Å². The van der Waals surface area contributed by atoms with Crippen molar-refractivity contribution in [2.24, 2.45) is 0 Å². The maximum absolute atomic E-state index is 12.2. The first-order chi connectivity index (χ1) is 23.5. The molecule has 1 amide bonds. The number of ether oxygens (including phenoxy) is 3. The molecule has 5 N–H and O–H groups in total. The number of nitrogens with one attached hydrogen (secondary N) is 3. The van der Waals surface area contributed by atoms with E-state index in [2.05, 4.69) is 30.7 Å². The molecule has 17 heteroatoms. The molecule has 0 spiro atoms. The third-order valence-electron chi connectivity index (χ3n) is 6.29. The number of halogens is 4. The second kappa shape index (κ2) is 20.1. The third-order valence-corrected chi connectivity index (χ3v) is 6.61. The Labute approximate surface area is 285 Å². The highest BCUT2D eigenvalue weighted by molar-refractivity contribution is 6.62. The minimum absolute atomic E-state index is 0.127. The third kappa shape index (κ3) is 14.2. The summed E-state index contributed by atoms with van der Waals surface area (Å²) in [6.07, 6.45) is -2.63. The second-order valence-corrected chi connectivity index (χ2v) is 10.3. The Kier molecular flexibility index (Phi) is 15.9. The van der Waals surface area contributed by atoms with Crippen LogP contribution in [0.25, 0.3) is 11.3 Å². The van der Waals surface area contributed by atoms with Crippen LogP contribution >= 0.6 is 11.6 Å². The highest BCUT2D eigenvalue weighted by Crippen LogP contribution is 2.26. The van der Waals surface area contributed by atoms with Crippen molar-refractivity contribution in [3.63, 3.8) is 0 Å². The maximum Gasteiger partial charge on any atom is 0.573 e. The van der Waals surface area contributed by atoms with Crippen LogP contribution in [0.2, 0.25) is 5.02 Å². The number of likely N-dealkylation sites (N-methyl/N-ethyl adjacent to an activating group) is 1. The van der Waals surface area contributed by atoms with E-state index in [-0.39, 0.29) is 22.1 Å². The molecule has 0 bridgehead atoms. The topological polar surface area (TPSA) is 164 Å². The van der Waals surface area contributed by atoms with Crippen LogP contribution in [0.1, 0.15) is 20.7 Å². The van der Waals surface area contributed by atoms with Gasteiger partial charge in [-0.25, -0.2) is 9.97 Å². The summed E-state index contributed by atoms with van der Waals surface area (Å²) in [5, 5.41) is 26.9. The largest absolute Gasteiger partial charge is 0.573 e. The molecule has 260 valence electrons. The average molecular weight is 704 g/mol.